The highest BCUT2D eigenvalue weighted by Gasteiger charge is 2.19. The highest BCUT2D eigenvalue weighted by atomic mass is 32.2. The van der Waals surface area contributed by atoms with Gasteiger partial charge in [0.1, 0.15) is 5.82 Å². The van der Waals surface area contributed by atoms with Crippen LogP contribution in [0.15, 0.2) is 11.4 Å². The maximum atomic E-state index is 11.4. The first-order valence-corrected chi connectivity index (χ1v) is 9.32. The number of hydrogen-bond acceptors (Lipinski definition) is 7. The van der Waals surface area contributed by atoms with E-state index in [-0.39, 0.29) is 5.91 Å². The van der Waals surface area contributed by atoms with E-state index >= 15 is 0 Å². The highest BCUT2D eigenvalue weighted by Crippen LogP contribution is 2.26. The first-order valence-electron chi connectivity index (χ1n) is 8.10. The van der Waals surface area contributed by atoms with Crippen molar-refractivity contribution in [3.05, 3.63) is 6.20 Å². The quantitative estimate of drug-likeness (QED) is 0.612. The molecule has 0 bridgehead atoms. The average Bonchev–Trinajstić information content (AvgIpc) is 3.04. The molecule has 1 saturated heterocycles. The molecule has 9 heteroatoms. The highest BCUT2D eigenvalue weighted by molar-refractivity contribution is 7.98. The number of anilines is 1. The Morgan fingerprint density at radius 3 is 2.88 bits per heavy atom. The van der Waals surface area contributed by atoms with Crippen LogP contribution in [-0.2, 0) is 16.1 Å². The van der Waals surface area contributed by atoms with Gasteiger partial charge < -0.3 is 15.0 Å². The number of fused-ring (bicyclic) bond motifs is 1. The fourth-order valence-electron chi connectivity index (χ4n) is 2.62. The van der Waals surface area contributed by atoms with Crippen LogP contribution in [0.1, 0.15) is 13.3 Å². The lowest BCUT2D eigenvalue weighted by molar-refractivity contribution is -0.120. The lowest BCUT2D eigenvalue weighted by atomic mass is 10.3. The number of carbonyl (C=O) groups excluding carboxylic acids is 1. The summed E-state index contributed by atoms with van der Waals surface area (Å²) in [7, 11) is 0. The summed E-state index contributed by atoms with van der Waals surface area (Å²) in [5, 5.41) is 8.98. The second-order valence-electron chi connectivity index (χ2n) is 5.44. The van der Waals surface area contributed by atoms with Crippen molar-refractivity contribution in [3.8, 4) is 0 Å². The first-order chi connectivity index (χ1) is 11.7. The molecule has 3 rings (SSSR count). The Kier molecular flexibility index (Phi) is 5.52. The molecule has 24 heavy (non-hydrogen) atoms. The van der Waals surface area contributed by atoms with E-state index in [2.05, 4.69) is 25.3 Å². The van der Waals surface area contributed by atoms with Crippen LogP contribution in [0.3, 0.4) is 0 Å². The summed E-state index contributed by atoms with van der Waals surface area (Å²) in [4.78, 5) is 22.9. The fourth-order valence-corrected chi connectivity index (χ4v) is 2.97. The molecular weight excluding hydrogens is 328 g/mol. The van der Waals surface area contributed by atoms with Crippen molar-refractivity contribution >= 4 is 34.5 Å². The minimum atomic E-state index is 0.0416. The van der Waals surface area contributed by atoms with E-state index in [0.29, 0.717) is 32.7 Å². The van der Waals surface area contributed by atoms with Crippen molar-refractivity contribution in [1.82, 2.24) is 25.1 Å². The third kappa shape index (κ3) is 3.62. The van der Waals surface area contributed by atoms with Crippen LogP contribution in [-0.4, -0.2) is 64.8 Å². The van der Waals surface area contributed by atoms with Crippen molar-refractivity contribution in [2.75, 3.05) is 44.0 Å². The number of ether oxygens (including phenoxy) is 1. The van der Waals surface area contributed by atoms with E-state index in [0.717, 1.165) is 35.1 Å². The van der Waals surface area contributed by atoms with Crippen molar-refractivity contribution in [2.24, 2.45) is 0 Å². The maximum absolute atomic E-state index is 11.4. The predicted octanol–water partition coefficient (Wildman–Crippen LogP) is 0.911. The van der Waals surface area contributed by atoms with Gasteiger partial charge in [-0.25, -0.2) is 14.6 Å². The Morgan fingerprint density at radius 2 is 2.17 bits per heavy atom. The van der Waals surface area contributed by atoms with E-state index < -0.39 is 0 Å². The first kappa shape index (κ1) is 17.0. The van der Waals surface area contributed by atoms with Crippen molar-refractivity contribution < 1.29 is 9.53 Å². The predicted molar refractivity (Wildman–Crippen MR) is 93.4 cm³/mol. The standard InChI is InChI=1S/C15H22N6O2S/c1-3-12(22)16-4-5-21-14-11(10-17-21)13(18-15(19-14)24-2)20-6-8-23-9-7-20/h10H,3-9H2,1-2H3,(H,16,22). The van der Waals surface area contributed by atoms with Gasteiger partial charge in [0.25, 0.3) is 0 Å². The number of aromatic nitrogens is 4. The van der Waals surface area contributed by atoms with Gasteiger partial charge in [-0.3, -0.25) is 4.79 Å². The molecule has 0 saturated carbocycles. The van der Waals surface area contributed by atoms with E-state index in [1.54, 1.807) is 0 Å². The van der Waals surface area contributed by atoms with Crippen molar-refractivity contribution in [2.45, 2.75) is 25.0 Å². The molecule has 2 aromatic rings. The zero-order chi connectivity index (χ0) is 16.9. The molecule has 3 heterocycles. The normalized spacial score (nSPS) is 15.0. The number of nitrogens with zero attached hydrogens (tertiary/aromatic N) is 5. The van der Waals surface area contributed by atoms with Crippen LogP contribution in [0.2, 0.25) is 0 Å². The molecule has 1 fully saturated rings. The van der Waals surface area contributed by atoms with Gasteiger partial charge >= 0.3 is 0 Å². The smallest absolute Gasteiger partial charge is 0.219 e. The number of thioether (sulfide) groups is 1. The van der Waals surface area contributed by atoms with Gasteiger partial charge in [0.2, 0.25) is 5.91 Å². The summed E-state index contributed by atoms with van der Waals surface area (Å²) in [6, 6.07) is 0. The molecule has 0 unspecified atom stereocenters. The lowest BCUT2D eigenvalue weighted by Crippen LogP contribution is -2.37. The molecule has 2 aromatic heterocycles. The second-order valence-corrected chi connectivity index (χ2v) is 6.22. The largest absolute Gasteiger partial charge is 0.378 e. The Balaban J connectivity index is 1.88. The Morgan fingerprint density at radius 1 is 1.38 bits per heavy atom. The topological polar surface area (TPSA) is 85.2 Å². The molecule has 1 amide bonds. The third-order valence-electron chi connectivity index (χ3n) is 3.92. The number of morpholine rings is 1. The molecular formula is C15H22N6O2S. The molecule has 0 aromatic carbocycles. The molecule has 0 aliphatic carbocycles. The minimum Gasteiger partial charge on any atom is -0.378 e. The van der Waals surface area contributed by atoms with Crippen LogP contribution < -0.4 is 10.2 Å². The molecule has 1 aliphatic rings. The van der Waals surface area contributed by atoms with E-state index in [1.165, 1.54) is 11.8 Å². The summed E-state index contributed by atoms with van der Waals surface area (Å²) in [6.45, 7) is 6.01. The molecule has 1 N–H and O–H groups in total. The zero-order valence-corrected chi connectivity index (χ0v) is 14.8. The fraction of sp³-hybridized carbons (Fsp3) is 0.600. The molecule has 0 atom stereocenters. The van der Waals surface area contributed by atoms with Crippen LogP contribution in [0.25, 0.3) is 11.0 Å². The molecule has 130 valence electrons. The van der Waals surface area contributed by atoms with Gasteiger partial charge in [-0.05, 0) is 6.26 Å². The lowest BCUT2D eigenvalue weighted by Gasteiger charge is -2.28. The van der Waals surface area contributed by atoms with Gasteiger partial charge in [-0.2, -0.15) is 5.10 Å². The van der Waals surface area contributed by atoms with Crippen LogP contribution >= 0.6 is 11.8 Å². The number of hydrogen-bond donors (Lipinski definition) is 1. The molecule has 1 aliphatic heterocycles. The van der Waals surface area contributed by atoms with Gasteiger partial charge in [0, 0.05) is 26.1 Å². The van der Waals surface area contributed by atoms with Gasteiger partial charge in [-0.1, -0.05) is 18.7 Å². The van der Waals surface area contributed by atoms with Gasteiger partial charge in [-0.15, -0.1) is 0 Å². The Labute approximate surface area is 145 Å². The van der Waals surface area contributed by atoms with E-state index in [4.69, 9.17) is 4.74 Å². The Bertz CT molecular complexity index is 713. The third-order valence-corrected chi connectivity index (χ3v) is 4.46. The number of rotatable bonds is 6. The minimum absolute atomic E-state index is 0.0416. The summed E-state index contributed by atoms with van der Waals surface area (Å²) >= 11 is 1.52. The van der Waals surface area contributed by atoms with Crippen LogP contribution in [0, 0.1) is 0 Å². The summed E-state index contributed by atoms with van der Waals surface area (Å²) in [5.41, 5.74) is 0.807. The zero-order valence-electron chi connectivity index (χ0n) is 14.0. The monoisotopic (exact) mass is 350 g/mol. The molecule has 8 nitrogen and oxygen atoms in total. The van der Waals surface area contributed by atoms with Crippen LogP contribution in [0.4, 0.5) is 5.82 Å². The summed E-state index contributed by atoms with van der Waals surface area (Å²) in [5.74, 6) is 0.955. The Hall–Kier alpha value is -1.87. The molecule has 0 spiro atoms. The number of amides is 1. The van der Waals surface area contributed by atoms with E-state index in [1.807, 2.05) is 24.1 Å². The van der Waals surface area contributed by atoms with Gasteiger partial charge in [0.05, 0.1) is 31.3 Å². The summed E-state index contributed by atoms with van der Waals surface area (Å²) in [6.07, 6.45) is 4.26. The number of carbonyl (C=O) groups is 1. The number of nitrogens with one attached hydrogen (secondary N) is 1. The maximum Gasteiger partial charge on any atom is 0.219 e. The van der Waals surface area contributed by atoms with E-state index in [9.17, 15) is 4.79 Å². The second kappa shape index (κ2) is 7.80. The van der Waals surface area contributed by atoms with Gasteiger partial charge in [0.15, 0.2) is 10.8 Å². The summed E-state index contributed by atoms with van der Waals surface area (Å²) < 4.78 is 7.26. The SMILES string of the molecule is CCC(=O)NCCn1ncc2c(N3CCOCC3)nc(SC)nc21. The average molecular weight is 350 g/mol. The van der Waals surface area contributed by atoms with Crippen LogP contribution in [0.5, 0.6) is 0 Å². The van der Waals surface area contributed by atoms with Crippen molar-refractivity contribution in [1.29, 1.82) is 0 Å². The van der Waals surface area contributed by atoms with Crippen molar-refractivity contribution in [3.63, 3.8) is 0 Å². The molecule has 0 radical (unpaired) electrons.